The molecule has 22 nitrogen and oxygen atoms in total. The second kappa shape index (κ2) is 32.3. The second-order valence-corrected chi connectivity index (χ2v) is 113. The average Bonchev–Trinajstić information content (AvgIpc) is 0.816. The molecule has 0 aliphatic heterocycles. The van der Waals surface area contributed by atoms with Gasteiger partial charge in [-0.05, 0) is 288 Å². The Morgan fingerprint density at radius 3 is 0.315 bits per heavy atom. The predicted octanol–water partition coefficient (Wildman–Crippen LogP) is 17.2. The second-order valence-electron chi connectivity index (χ2n) is 33.6. The molecule has 0 aliphatic carbocycles. The molecule has 0 aromatic heterocycles. The molecule has 0 atom stereocenters. The van der Waals surface area contributed by atoms with E-state index in [4.69, 9.17) is 90.8 Å². The third kappa shape index (κ3) is 42.7. The van der Waals surface area contributed by atoms with Crippen molar-refractivity contribution in [2.75, 3.05) is 0 Å². The lowest BCUT2D eigenvalue weighted by Gasteiger charge is -2.45. The third-order valence-corrected chi connectivity index (χ3v) is 95.6. The van der Waals surface area contributed by atoms with Crippen LogP contribution in [0.5, 0.6) is 0 Å². The normalized spacial score (nSPS) is 16.0. The van der Waals surface area contributed by atoms with Crippen molar-refractivity contribution >= 4 is 188 Å². The Hall–Kier alpha value is 3.21. The van der Waals surface area contributed by atoms with Gasteiger partial charge in [0.05, 0.1) is 6.26 Å². The van der Waals surface area contributed by atoms with Crippen molar-refractivity contribution in [1.29, 1.82) is 0 Å². The SMILES string of the molecule is C=CO[Si](C)(C)O[Si](C)(C)O[Si](C)(C)O[Si](C)(C)O[Si](C)(C)O[Si](C)(C)O[Si](C)(C)O[Si](C)(C)O[Si](C)(C)O[Si](C)(C)O[Si](C)(C)O[Si](C)(C)O[Si](C)(C)O[Si](C)(C)O[Si](C)(C)O[Si](C)(C)O[Si](C)(C)O[Si](C)(C)O[Si](C)(C)O[Si](C)(C)O[Si](C)(C)O[Si](C)(C)C=C. The van der Waals surface area contributed by atoms with Crippen molar-refractivity contribution < 1.29 is 90.8 Å². The van der Waals surface area contributed by atoms with Crippen LogP contribution in [-0.2, 0) is 90.8 Å². The number of hydrogen-bond acceptors (Lipinski definition) is 22. The lowest BCUT2D eigenvalue weighted by Crippen LogP contribution is -2.63. The Bertz CT molecular complexity index is 2390. The Balaban J connectivity index is 5.87. The van der Waals surface area contributed by atoms with Gasteiger partial charge in [-0.3, -0.25) is 0 Å². The minimum Gasteiger partial charge on any atom is -0.528 e. The van der Waals surface area contributed by atoms with Crippen LogP contribution in [0.2, 0.25) is 288 Å². The van der Waals surface area contributed by atoms with Crippen LogP contribution < -0.4 is 0 Å². The number of rotatable bonds is 45. The van der Waals surface area contributed by atoms with Crippen LogP contribution in [0.15, 0.2) is 25.1 Å². The van der Waals surface area contributed by atoms with E-state index in [9.17, 15) is 0 Å². The van der Waals surface area contributed by atoms with Crippen LogP contribution in [0, 0.1) is 0 Å². The van der Waals surface area contributed by atoms with E-state index < -0.39 is 188 Å². The molecule has 44 heteroatoms. The van der Waals surface area contributed by atoms with Crippen molar-refractivity contribution in [3.05, 3.63) is 25.1 Å². The van der Waals surface area contributed by atoms with Crippen molar-refractivity contribution in [2.45, 2.75) is 288 Å². The molecule has 0 N–H and O–H groups in total. The summed E-state index contributed by atoms with van der Waals surface area (Å²) in [6, 6.07) is 0. The highest BCUT2D eigenvalue weighted by Gasteiger charge is 2.55. The van der Waals surface area contributed by atoms with Crippen LogP contribution in [-0.4, -0.2) is 188 Å². The van der Waals surface area contributed by atoms with Gasteiger partial charge in [-0.25, -0.2) is 0 Å². The fraction of sp³-hybridized carbons (Fsp3) is 0.917. The van der Waals surface area contributed by atoms with E-state index in [0.717, 1.165) is 0 Å². The molecule has 0 aliphatic rings. The summed E-state index contributed by atoms with van der Waals surface area (Å²) >= 11 is 0. The van der Waals surface area contributed by atoms with Crippen molar-refractivity contribution in [2.24, 2.45) is 0 Å². The zero-order chi connectivity index (χ0) is 74.0. The van der Waals surface area contributed by atoms with Gasteiger partial charge in [-0.2, -0.15) is 0 Å². The summed E-state index contributed by atoms with van der Waals surface area (Å²) < 4.78 is 150. The fourth-order valence-corrected chi connectivity index (χ4v) is 125. The molecule has 0 aromatic rings. The van der Waals surface area contributed by atoms with E-state index in [2.05, 4.69) is 196 Å². The molecule has 550 valence electrons. The highest BCUT2D eigenvalue weighted by Crippen LogP contribution is 2.36. The van der Waals surface area contributed by atoms with E-state index >= 15 is 0 Å². The molecule has 0 saturated carbocycles. The maximum Gasteiger partial charge on any atom is 0.383 e. The van der Waals surface area contributed by atoms with Crippen molar-refractivity contribution in [3.8, 4) is 0 Å². The standard InChI is InChI=1S/C48H138O22Si22/c1-47-49-72(5,6)51-74(9,10)53-76(13,14)55-78(17,18)57-80(21,22)59-82(25,26)61-84(29,30)63-86(33,34)65-88(37,38)67-90(41,42)69-92(45,46)70-91(43,44)68-89(39,40)66-87(35,36)64-85(31,32)62-83(27,28)60-81(23,24)58-79(19,20)56-77(15,16)54-75(11,12)52-73(7,8)50-71(3,4)48-2/h47-48H,1-2H2,3-46H3. The first kappa shape index (κ1) is 95.2. The molecular formula is C48H138O22Si22. The summed E-state index contributed by atoms with van der Waals surface area (Å²) in [6.45, 7) is 98.0. The lowest BCUT2D eigenvalue weighted by molar-refractivity contribution is 0.247. The highest BCUT2D eigenvalue weighted by molar-refractivity contribution is 6.97. The molecule has 0 rings (SSSR count). The van der Waals surface area contributed by atoms with E-state index in [0.29, 0.717) is 0 Å². The Labute approximate surface area is 587 Å². The quantitative estimate of drug-likeness (QED) is 0.0411. The summed E-state index contributed by atoms with van der Waals surface area (Å²) in [5.74, 6) is 0. The van der Waals surface area contributed by atoms with Gasteiger partial charge in [0.2, 0.25) is 0 Å². The summed E-state index contributed by atoms with van der Waals surface area (Å²) in [7, 11) is -60.6. The number of hydrogen-bond donors (Lipinski definition) is 0. The van der Waals surface area contributed by atoms with Crippen molar-refractivity contribution in [3.63, 3.8) is 0 Å². The highest BCUT2D eigenvalue weighted by atomic mass is 28.6. The van der Waals surface area contributed by atoms with Gasteiger partial charge in [0, 0.05) is 0 Å². The van der Waals surface area contributed by atoms with Crippen LogP contribution in [0.4, 0.5) is 0 Å². The summed E-state index contributed by atoms with van der Waals surface area (Å²) in [4.78, 5) is 0. The molecule has 0 saturated heterocycles. The van der Waals surface area contributed by atoms with Gasteiger partial charge in [-0.1, -0.05) is 12.3 Å². The minimum atomic E-state index is -2.89. The zero-order valence-electron chi connectivity index (χ0n) is 66.6. The van der Waals surface area contributed by atoms with Crippen molar-refractivity contribution in [1.82, 2.24) is 0 Å². The molecule has 0 fully saturated rings. The zero-order valence-corrected chi connectivity index (χ0v) is 88.6. The average molecular weight is 1690 g/mol. The molecule has 0 spiro atoms. The van der Waals surface area contributed by atoms with Gasteiger partial charge in [-0.15, -0.1) is 6.58 Å². The first-order valence-electron chi connectivity index (χ1n) is 32.1. The molecule has 0 bridgehead atoms. The molecule has 0 unspecified atom stereocenters. The Morgan fingerprint density at radius 1 is 0.141 bits per heavy atom. The van der Waals surface area contributed by atoms with Gasteiger partial charge in [0.25, 0.3) is 0 Å². The fourth-order valence-electron chi connectivity index (χ4n) is 13.2. The monoisotopic (exact) mass is 1680 g/mol. The predicted molar refractivity (Wildman–Crippen MR) is 429 cm³/mol. The minimum absolute atomic E-state index is 1.44. The molecule has 0 aromatic carbocycles. The molecule has 0 heterocycles. The van der Waals surface area contributed by atoms with Gasteiger partial charge >= 0.3 is 180 Å². The smallest absolute Gasteiger partial charge is 0.383 e. The molecule has 0 radical (unpaired) electrons. The summed E-state index contributed by atoms with van der Waals surface area (Å²) in [6.07, 6.45) is 1.44. The first-order chi connectivity index (χ1) is 39.5. The lowest BCUT2D eigenvalue weighted by atomic mass is 11.2. The van der Waals surface area contributed by atoms with Crippen LogP contribution in [0.3, 0.4) is 0 Å². The van der Waals surface area contributed by atoms with Gasteiger partial charge in [0.15, 0.2) is 8.32 Å². The maximum atomic E-state index is 6.97. The Kier molecular flexibility index (Phi) is 33.4. The topological polar surface area (TPSA) is 203 Å². The molecular weight excluding hydrogens is 1550 g/mol. The van der Waals surface area contributed by atoms with Crippen LogP contribution >= 0.6 is 0 Å². The largest absolute Gasteiger partial charge is 0.528 e. The maximum absolute atomic E-state index is 6.97. The molecule has 0 amide bonds. The third-order valence-electron chi connectivity index (χ3n) is 11.2. The van der Waals surface area contributed by atoms with E-state index in [1.807, 2.05) is 110 Å². The molecule has 92 heavy (non-hydrogen) atoms. The van der Waals surface area contributed by atoms with E-state index in [1.54, 1.807) is 0 Å². The van der Waals surface area contributed by atoms with E-state index in [-0.39, 0.29) is 0 Å². The Morgan fingerprint density at radius 2 is 0.228 bits per heavy atom. The summed E-state index contributed by atoms with van der Waals surface area (Å²) in [5.41, 5.74) is 1.94. The summed E-state index contributed by atoms with van der Waals surface area (Å²) in [5, 5.41) is 0. The van der Waals surface area contributed by atoms with Crippen LogP contribution in [0.25, 0.3) is 0 Å². The van der Waals surface area contributed by atoms with Gasteiger partial charge in [0.1, 0.15) is 0 Å². The van der Waals surface area contributed by atoms with Crippen LogP contribution in [0.1, 0.15) is 0 Å². The van der Waals surface area contributed by atoms with E-state index in [1.165, 1.54) is 6.26 Å². The van der Waals surface area contributed by atoms with Gasteiger partial charge < -0.3 is 90.8 Å². The first-order valence-corrected chi connectivity index (χ1v) is 94.3.